The SMILES string of the molecule is O=C(O)COc1ccc(S(=O)(=O)N2CCCC2C(=O)NC2CC2)cc1F. The predicted octanol–water partition coefficient (Wildman–Crippen LogP) is 0.721. The molecular formula is C16H19FN2O6S. The molecule has 0 aromatic heterocycles. The Balaban J connectivity index is 1.79. The highest BCUT2D eigenvalue weighted by molar-refractivity contribution is 7.89. The van der Waals surface area contributed by atoms with Gasteiger partial charge < -0.3 is 15.2 Å². The Labute approximate surface area is 150 Å². The standard InChI is InChI=1S/C16H19FN2O6S/c17-12-8-11(5-6-14(12)25-9-15(20)21)26(23,24)19-7-1-2-13(19)16(22)18-10-3-4-10/h5-6,8,10,13H,1-4,7,9H2,(H,18,22)(H,20,21). The number of aliphatic carboxylic acids is 1. The largest absolute Gasteiger partial charge is 0.479 e. The topological polar surface area (TPSA) is 113 Å². The van der Waals surface area contributed by atoms with Gasteiger partial charge in [-0.1, -0.05) is 0 Å². The van der Waals surface area contributed by atoms with Crippen LogP contribution in [0.5, 0.6) is 5.75 Å². The maximum atomic E-state index is 14.1. The number of carbonyl (C=O) groups is 2. The van der Waals surface area contributed by atoms with Crippen molar-refractivity contribution in [3.8, 4) is 5.75 Å². The van der Waals surface area contributed by atoms with Crippen LogP contribution in [0.3, 0.4) is 0 Å². The number of nitrogens with one attached hydrogen (secondary N) is 1. The van der Waals surface area contributed by atoms with Crippen LogP contribution in [0.15, 0.2) is 23.1 Å². The molecule has 0 bridgehead atoms. The highest BCUT2D eigenvalue weighted by Crippen LogP contribution is 2.29. The van der Waals surface area contributed by atoms with Crippen LogP contribution in [0.2, 0.25) is 0 Å². The average Bonchev–Trinajstić information content (AvgIpc) is 3.24. The fourth-order valence-corrected chi connectivity index (χ4v) is 4.52. The number of ether oxygens (including phenoxy) is 1. The molecule has 2 fully saturated rings. The molecule has 142 valence electrons. The summed E-state index contributed by atoms with van der Waals surface area (Å²) in [7, 11) is -4.06. The van der Waals surface area contributed by atoms with Gasteiger partial charge in [0.2, 0.25) is 15.9 Å². The van der Waals surface area contributed by atoms with Crippen LogP contribution in [0.1, 0.15) is 25.7 Å². The number of rotatable bonds is 7. The molecule has 1 unspecified atom stereocenters. The molecule has 0 radical (unpaired) electrons. The molecule has 1 saturated carbocycles. The number of amides is 1. The Kier molecular flexibility index (Phi) is 5.15. The van der Waals surface area contributed by atoms with Crippen molar-refractivity contribution < 1.29 is 32.2 Å². The lowest BCUT2D eigenvalue weighted by Crippen LogP contribution is -2.46. The van der Waals surface area contributed by atoms with Crippen molar-refractivity contribution in [1.82, 2.24) is 9.62 Å². The summed E-state index contributed by atoms with van der Waals surface area (Å²) < 4.78 is 45.6. The Hall–Kier alpha value is -2.20. The highest BCUT2D eigenvalue weighted by atomic mass is 32.2. The number of hydrogen-bond donors (Lipinski definition) is 2. The van der Waals surface area contributed by atoms with Crippen LogP contribution < -0.4 is 10.1 Å². The van der Waals surface area contributed by atoms with Crippen molar-refractivity contribution in [3.05, 3.63) is 24.0 Å². The molecule has 10 heteroatoms. The van der Waals surface area contributed by atoms with Crippen LogP contribution in [-0.4, -0.2) is 54.9 Å². The van der Waals surface area contributed by atoms with E-state index in [1.165, 1.54) is 0 Å². The zero-order valence-electron chi connectivity index (χ0n) is 13.9. The van der Waals surface area contributed by atoms with Gasteiger partial charge in [-0.05, 0) is 43.9 Å². The molecule has 1 heterocycles. The van der Waals surface area contributed by atoms with E-state index in [1.807, 2.05) is 0 Å². The van der Waals surface area contributed by atoms with Crippen LogP contribution in [0, 0.1) is 5.82 Å². The molecule has 0 spiro atoms. The number of halogens is 1. The zero-order chi connectivity index (χ0) is 18.9. The van der Waals surface area contributed by atoms with E-state index in [2.05, 4.69) is 5.32 Å². The third kappa shape index (κ3) is 3.96. The predicted molar refractivity (Wildman–Crippen MR) is 87.6 cm³/mol. The fraction of sp³-hybridized carbons (Fsp3) is 0.500. The Morgan fingerprint density at radius 3 is 2.65 bits per heavy atom. The monoisotopic (exact) mass is 386 g/mol. The Bertz CT molecular complexity index is 824. The summed E-state index contributed by atoms with van der Waals surface area (Å²) in [5.41, 5.74) is 0. The normalized spacial score (nSPS) is 20.7. The second kappa shape index (κ2) is 7.20. The fourth-order valence-electron chi connectivity index (χ4n) is 2.85. The molecule has 1 amide bonds. The lowest BCUT2D eigenvalue weighted by molar-refractivity contribution is -0.139. The van der Waals surface area contributed by atoms with Crippen LogP contribution in [0.25, 0.3) is 0 Å². The van der Waals surface area contributed by atoms with Crippen molar-refractivity contribution in [3.63, 3.8) is 0 Å². The summed E-state index contributed by atoms with van der Waals surface area (Å²) in [5.74, 6) is -2.93. The summed E-state index contributed by atoms with van der Waals surface area (Å²) in [5, 5.41) is 11.4. The number of benzene rings is 1. The van der Waals surface area contributed by atoms with Gasteiger partial charge in [-0.3, -0.25) is 4.79 Å². The van der Waals surface area contributed by atoms with Gasteiger partial charge in [0, 0.05) is 12.6 Å². The van der Waals surface area contributed by atoms with Gasteiger partial charge in [-0.2, -0.15) is 4.31 Å². The van der Waals surface area contributed by atoms with Crippen molar-refractivity contribution >= 4 is 21.9 Å². The Morgan fingerprint density at radius 1 is 1.31 bits per heavy atom. The maximum absolute atomic E-state index is 14.1. The number of carbonyl (C=O) groups excluding carboxylic acids is 1. The van der Waals surface area contributed by atoms with Gasteiger partial charge in [0.1, 0.15) is 6.04 Å². The second-order valence-corrected chi connectivity index (χ2v) is 8.22. The Morgan fingerprint density at radius 2 is 2.04 bits per heavy atom. The van der Waals surface area contributed by atoms with E-state index in [4.69, 9.17) is 9.84 Å². The quantitative estimate of drug-likeness (QED) is 0.714. The molecule has 1 aliphatic carbocycles. The first-order valence-corrected chi connectivity index (χ1v) is 9.69. The molecule has 2 aliphatic rings. The second-order valence-electron chi connectivity index (χ2n) is 6.33. The van der Waals surface area contributed by atoms with Crippen molar-refractivity contribution in [2.24, 2.45) is 0 Å². The summed E-state index contributed by atoms with van der Waals surface area (Å²) in [6.45, 7) is -0.553. The first kappa shape index (κ1) is 18.6. The lowest BCUT2D eigenvalue weighted by atomic mass is 10.2. The minimum absolute atomic E-state index is 0.121. The van der Waals surface area contributed by atoms with E-state index >= 15 is 0 Å². The summed E-state index contributed by atoms with van der Waals surface area (Å²) >= 11 is 0. The van der Waals surface area contributed by atoms with Gasteiger partial charge in [-0.15, -0.1) is 0 Å². The van der Waals surface area contributed by atoms with E-state index < -0.39 is 34.5 Å². The highest BCUT2D eigenvalue weighted by Gasteiger charge is 2.41. The molecule has 1 aromatic carbocycles. The number of carboxylic acid groups (broad SMARTS) is 1. The molecular weight excluding hydrogens is 367 g/mol. The van der Waals surface area contributed by atoms with Crippen molar-refractivity contribution in [2.45, 2.75) is 42.7 Å². The summed E-state index contributed by atoms with van der Waals surface area (Å²) in [6.07, 6.45) is 2.76. The minimum atomic E-state index is -4.06. The zero-order valence-corrected chi connectivity index (χ0v) is 14.7. The molecule has 1 aromatic rings. The first-order valence-electron chi connectivity index (χ1n) is 8.25. The lowest BCUT2D eigenvalue weighted by Gasteiger charge is -2.23. The number of nitrogens with zero attached hydrogens (tertiary/aromatic N) is 1. The summed E-state index contributed by atoms with van der Waals surface area (Å²) in [4.78, 5) is 22.5. The molecule has 8 nitrogen and oxygen atoms in total. The van der Waals surface area contributed by atoms with E-state index in [0.717, 1.165) is 35.3 Å². The number of hydrogen-bond acceptors (Lipinski definition) is 5. The van der Waals surface area contributed by atoms with Gasteiger partial charge in [-0.25, -0.2) is 17.6 Å². The third-order valence-corrected chi connectivity index (χ3v) is 6.20. The summed E-state index contributed by atoms with van der Waals surface area (Å²) in [6, 6.07) is 2.31. The van der Waals surface area contributed by atoms with Gasteiger partial charge in [0.25, 0.3) is 0 Å². The van der Waals surface area contributed by atoms with Crippen LogP contribution in [-0.2, 0) is 19.6 Å². The van der Waals surface area contributed by atoms with E-state index in [0.29, 0.717) is 12.8 Å². The molecule has 1 aliphatic heterocycles. The molecule has 2 N–H and O–H groups in total. The van der Waals surface area contributed by atoms with Gasteiger partial charge >= 0.3 is 5.97 Å². The van der Waals surface area contributed by atoms with Gasteiger partial charge in [0.15, 0.2) is 18.2 Å². The smallest absolute Gasteiger partial charge is 0.341 e. The van der Waals surface area contributed by atoms with Crippen LogP contribution >= 0.6 is 0 Å². The maximum Gasteiger partial charge on any atom is 0.341 e. The van der Waals surface area contributed by atoms with Crippen molar-refractivity contribution in [1.29, 1.82) is 0 Å². The van der Waals surface area contributed by atoms with E-state index in [-0.39, 0.29) is 29.1 Å². The number of sulfonamides is 1. The minimum Gasteiger partial charge on any atom is -0.479 e. The molecule has 26 heavy (non-hydrogen) atoms. The molecule has 1 atom stereocenters. The third-order valence-electron chi connectivity index (χ3n) is 4.29. The number of carboxylic acids is 1. The molecule has 1 saturated heterocycles. The average molecular weight is 386 g/mol. The van der Waals surface area contributed by atoms with E-state index in [9.17, 15) is 22.4 Å². The van der Waals surface area contributed by atoms with Gasteiger partial charge in [0.05, 0.1) is 4.90 Å². The van der Waals surface area contributed by atoms with E-state index in [1.54, 1.807) is 0 Å². The van der Waals surface area contributed by atoms with Crippen LogP contribution in [0.4, 0.5) is 4.39 Å². The van der Waals surface area contributed by atoms with Crippen molar-refractivity contribution in [2.75, 3.05) is 13.2 Å². The first-order chi connectivity index (χ1) is 12.3. The molecule has 3 rings (SSSR count).